The summed E-state index contributed by atoms with van der Waals surface area (Å²) in [6.07, 6.45) is 1.42. The minimum atomic E-state index is -4.62. The van der Waals surface area contributed by atoms with Gasteiger partial charge >= 0.3 is 6.18 Å². The van der Waals surface area contributed by atoms with Gasteiger partial charge in [-0.2, -0.15) is 18.2 Å². The molecule has 3 aromatic rings. The first-order valence-electron chi connectivity index (χ1n) is 12.8. The van der Waals surface area contributed by atoms with Crippen molar-refractivity contribution in [2.45, 2.75) is 56.7 Å². The molecule has 200 valence electrons. The molecule has 0 atom stereocenters. The summed E-state index contributed by atoms with van der Waals surface area (Å²) in [7, 11) is 0. The van der Waals surface area contributed by atoms with Crippen LogP contribution in [0.15, 0.2) is 54.6 Å². The molecule has 1 aliphatic heterocycles. The summed E-state index contributed by atoms with van der Waals surface area (Å²) >= 11 is 11.8. The van der Waals surface area contributed by atoms with Crippen LogP contribution in [-0.4, -0.2) is 28.2 Å². The highest BCUT2D eigenvalue weighted by Crippen LogP contribution is 2.40. The molecule has 1 saturated carbocycles. The molecule has 0 spiro atoms. The summed E-state index contributed by atoms with van der Waals surface area (Å²) in [5, 5.41) is 6.92. The Morgan fingerprint density at radius 1 is 1.00 bits per heavy atom. The number of hydrogen-bond donors (Lipinski definition) is 2. The van der Waals surface area contributed by atoms with Gasteiger partial charge < -0.3 is 15.5 Å². The fraction of sp³-hybridized carbons (Fsp3) is 0.393. The minimum Gasteiger partial charge on any atom is -0.361 e. The van der Waals surface area contributed by atoms with Crippen LogP contribution in [0.4, 0.5) is 24.9 Å². The van der Waals surface area contributed by atoms with Gasteiger partial charge in [0.05, 0.1) is 0 Å². The minimum absolute atomic E-state index is 0.157. The number of hydrogen-bond acceptors (Lipinski definition) is 4. The number of rotatable bonds is 5. The van der Waals surface area contributed by atoms with Crippen LogP contribution >= 0.6 is 23.8 Å². The largest absolute Gasteiger partial charge is 0.433 e. The molecule has 1 aliphatic carbocycles. The summed E-state index contributed by atoms with van der Waals surface area (Å²) in [6.45, 7) is 1.58. The molecule has 1 aromatic heterocycles. The third-order valence-corrected chi connectivity index (χ3v) is 8.00. The molecular formula is C28H29ClF3N5S. The Bertz CT molecular complexity index is 1310. The lowest BCUT2D eigenvalue weighted by Crippen LogP contribution is -2.43. The van der Waals surface area contributed by atoms with E-state index in [9.17, 15) is 13.2 Å². The van der Waals surface area contributed by atoms with E-state index in [4.69, 9.17) is 23.8 Å². The fourth-order valence-electron chi connectivity index (χ4n) is 5.50. The van der Waals surface area contributed by atoms with Crippen LogP contribution in [0, 0.1) is 0 Å². The van der Waals surface area contributed by atoms with Crippen LogP contribution in [-0.2, 0) is 24.6 Å². The third-order valence-electron chi connectivity index (χ3n) is 7.52. The van der Waals surface area contributed by atoms with Gasteiger partial charge in [0, 0.05) is 36.1 Å². The molecule has 2 N–H and O–H groups in total. The highest BCUT2D eigenvalue weighted by Gasteiger charge is 2.36. The number of fused-ring (bicyclic) bond motifs is 1. The molecule has 2 aliphatic rings. The second-order valence-electron chi connectivity index (χ2n) is 10.0. The number of anilines is 2. The number of nitrogens with one attached hydrogen (secondary N) is 2. The molecule has 5 rings (SSSR count). The maximum absolute atomic E-state index is 13.8. The number of benzene rings is 2. The highest BCUT2D eigenvalue weighted by atomic mass is 35.5. The normalized spacial score (nSPS) is 17.0. The predicted octanol–water partition coefficient (Wildman–Crippen LogP) is 6.90. The first-order chi connectivity index (χ1) is 18.2. The van der Waals surface area contributed by atoms with Gasteiger partial charge in [0.1, 0.15) is 5.82 Å². The van der Waals surface area contributed by atoms with Crippen LogP contribution in [0.3, 0.4) is 0 Å². The van der Waals surface area contributed by atoms with Crippen molar-refractivity contribution in [2.24, 2.45) is 0 Å². The van der Waals surface area contributed by atoms with Gasteiger partial charge in [0.25, 0.3) is 0 Å². The van der Waals surface area contributed by atoms with E-state index in [1.54, 1.807) is 0 Å². The zero-order valence-corrected chi connectivity index (χ0v) is 22.4. The molecule has 0 unspecified atom stereocenters. The van der Waals surface area contributed by atoms with Crippen LogP contribution in [0.2, 0.25) is 5.02 Å². The molecule has 5 nitrogen and oxygen atoms in total. The van der Waals surface area contributed by atoms with Gasteiger partial charge in [0.2, 0.25) is 5.95 Å². The van der Waals surface area contributed by atoms with E-state index < -0.39 is 11.9 Å². The molecule has 2 heterocycles. The molecule has 0 amide bonds. The molecule has 0 saturated heterocycles. The second kappa shape index (κ2) is 11.1. The first kappa shape index (κ1) is 26.7. The Balaban J connectivity index is 1.34. The van der Waals surface area contributed by atoms with E-state index in [1.807, 2.05) is 47.4 Å². The quantitative estimate of drug-likeness (QED) is 0.332. The number of alkyl halides is 3. The average Bonchev–Trinajstić information content (AvgIpc) is 2.91. The molecule has 10 heteroatoms. The van der Waals surface area contributed by atoms with E-state index in [-0.39, 0.29) is 22.3 Å². The van der Waals surface area contributed by atoms with Gasteiger partial charge in [0.15, 0.2) is 10.8 Å². The summed E-state index contributed by atoms with van der Waals surface area (Å²) in [6, 6.07) is 16.8. The summed E-state index contributed by atoms with van der Waals surface area (Å²) in [5.41, 5.74) is 2.26. The van der Waals surface area contributed by atoms with Crippen LogP contribution in [0.5, 0.6) is 0 Å². The topological polar surface area (TPSA) is 53.1 Å². The Hall–Kier alpha value is -2.91. The van der Waals surface area contributed by atoms with Gasteiger partial charge in [-0.05, 0) is 60.3 Å². The molecule has 38 heavy (non-hydrogen) atoms. The smallest absolute Gasteiger partial charge is 0.361 e. The summed E-state index contributed by atoms with van der Waals surface area (Å²) in [5.74, 6) is 0.0430. The highest BCUT2D eigenvalue weighted by molar-refractivity contribution is 7.80. The lowest BCUT2D eigenvalue weighted by Gasteiger charge is -2.38. The monoisotopic (exact) mass is 559 g/mol. The maximum Gasteiger partial charge on any atom is 0.433 e. The molecule has 2 aromatic carbocycles. The Kier molecular flexibility index (Phi) is 7.77. The van der Waals surface area contributed by atoms with Crippen molar-refractivity contribution in [3.8, 4) is 0 Å². The average molecular weight is 560 g/mol. The molecular weight excluding hydrogens is 531 g/mol. The van der Waals surface area contributed by atoms with Crippen molar-refractivity contribution in [2.75, 3.05) is 23.3 Å². The van der Waals surface area contributed by atoms with Crippen LogP contribution in [0.25, 0.3) is 0 Å². The molecule has 1 fully saturated rings. The number of thiocarbonyl (C=S) groups is 1. The SMILES string of the molecule is FC(F)(F)c1cc(N2CCc3ccccc3C2)nc(NC(=S)NCC2(c3cccc(Cl)c3)CCCCC2)n1. The lowest BCUT2D eigenvalue weighted by atomic mass is 9.69. The van der Waals surface area contributed by atoms with E-state index in [2.05, 4.69) is 26.7 Å². The van der Waals surface area contributed by atoms with Crippen molar-refractivity contribution in [3.63, 3.8) is 0 Å². The number of aromatic nitrogens is 2. The van der Waals surface area contributed by atoms with E-state index >= 15 is 0 Å². The third kappa shape index (κ3) is 6.04. The van der Waals surface area contributed by atoms with Crippen molar-refractivity contribution in [1.29, 1.82) is 0 Å². The molecule has 0 radical (unpaired) electrons. The Morgan fingerprint density at radius 3 is 2.50 bits per heavy atom. The zero-order chi connectivity index (χ0) is 26.8. The Morgan fingerprint density at radius 2 is 1.76 bits per heavy atom. The van der Waals surface area contributed by atoms with Gasteiger partial charge in [-0.1, -0.05) is 67.3 Å². The second-order valence-corrected chi connectivity index (χ2v) is 10.9. The van der Waals surface area contributed by atoms with Gasteiger partial charge in [-0.25, -0.2) is 4.98 Å². The van der Waals surface area contributed by atoms with Crippen molar-refractivity contribution in [1.82, 2.24) is 15.3 Å². The zero-order valence-electron chi connectivity index (χ0n) is 20.8. The summed E-state index contributed by atoms with van der Waals surface area (Å²) < 4.78 is 41.3. The van der Waals surface area contributed by atoms with Crippen LogP contribution in [0.1, 0.15) is 54.5 Å². The number of nitrogens with zero attached hydrogens (tertiary/aromatic N) is 3. The lowest BCUT2D eigenvalue weighted by molar-refractivity contribution is -0.141. The molecule has 0 bridgehead atoms. The van der Waals surface area contributed by atoms with E-state index in [0.29, 0.717) is 24.7 Å². The van der Waals surface area contributed by atoms with E-state index in [0.717, 1.165) is 49.3 Å². The summed E-state index contributed by atoms with van der Waals surface area (Å²) in [4.78, 5) is 10.0. The van der Waals surface area contributed by atoms with Gasteiger partial charge in [-0.15, -0.1) is 0 Å². The first-order valence-corrected chi connectivity index (χ1v) is 13.6. The van der Waals surface area contributed by atoms with Crippen molar-refractivity contribution in [3.05, 3.63) is 82.0 Å². The number of halogens is 4. The van der Waals surface area contributed by atoms with E-state index in [1.165, 1.54) is 12.0 Å². The van der Waals surface area contributed by atoms with Crippen molar-refractivity contribution < 1.29 is 13.2 Å². The van der Waals surface area contributed by atoms with Crippen molar-refractivity contribution >= 4 is 40.7 Å². The van der Waals surface area contributed by atoms with Crippen LogP contribution < -0.4 is 15.5 Å². The predicted molar refractivity (Wildman–Crippen MR) is 149 cm³/mol. The fourth-order valence-corrected chi connectivity index (χ4v) is 5.85. The standard InChI is InChI=1S/C28H29ClF3N5S/c29-22-10-6-9-21(15-22)27(12-4-1-5-13-27)18-33-26(38)36-25-34-23(28(30,31)32)16-24(35-25)37-14-11-19-7-2-3-8-20(19)17-37/h2-3,6-10,15-16H,1,4-5,11-14,17-18H2,(H2,33,34,35,36,38). The van der Waals surface area contributed by atoms with Gasteiger partial charge in [-0.3, -0.25) is 0 Å². The Labute approximate surface area is 230 Å². The maximum atomic E-state index is 13.8.